The topological polar surface area (TPSA) is 0 Å². The SMILES string of the molecule is C=C1C=Cc2cccc(C(=C)C(C)(C)C)c21. The van der Waals surface area contributed by atoms with Crippen molar-refractivity contribution in [3.63, 3.8) is 0 Å². The third-order valence-electron chi connectivity index (χ3n) is 3.11. The molecule has 0 bridgehead atoms. The van der Waals surface area contributed by atoms with E-state index >= 15 is 0 Å². The second-order valence-corrected chi connectivity index (χ2v) is 5.36. The lowest BCUT2D eigenvalue weighted by atomic mass is 9.80. The van der Waals surface area contributed by atoms with Crippen LogP contribution in [0.5, 0.6) is 0 Å². The Labute approximate surface area is 98.0 Å². The lowest BCUT2D eigenvalue weighted by molar-refractivity contribution is 0.568. The molecule has 0 aliphatic heterocycles. The minimum atomic E-state index is 0.0952. The van der Waals surface area contributed by atoms with E-state index in [0.29, 0.717) is 0 Å². The summed E-state index contributed by atoms with van der Waals surface area (Å²) in [5.41, 5.74) is 6.11. The summed E-state index contributed by atoms with van der Waals surface area (Å²) in [4.78, 5) is 0. The van der Waals surface area contributed by atoms with Gasteiger partial charge >= 0.3 is 0 Å². The van der Waals surface area contributed by atoms with Gasteiger partial charge in [0.1, 0.15) is 0 Å². The number of benzene rings is 1. The van der Waals surface area contributed by atoms with Crippen LogP contribution < -0.4 is 0 Å². The summed E-state index contributed by atoms with van der Waals surface area (Å²) in [6.45, 7) is 14.9. The second-order valence-electron chi connectivity index (χ2n) is 5.36. The number of fused-ring (bicyclic) bond motifs is 1. The first-order valence-corrected chi connectivity index (χ1v) is 5.61. The van der Waals surface area contributed by atoms with Crippen molar-refractivity contribution in [3.05, 3.63) is 54.1 Å². The first-order chi connectivity index (χ1) is 7.41. The van der Waals surface area contributed by atoms with Gasteiger partial charge < -0.3 is 0 Å². The Kier molecular flexibility index (Phi) is 2.38. The fourth-order valence-electron chi connectivity index (χ4n) is 2.00. The monoisotopic (exact) mass is 210 g/mol. The van der Waals surface area contributed by atoms with Crippen molar-refractivity contribution in [3.8, 4) is 0 Å². The first kappa shape index (κ1) is 10.9. The van der Waals surface area contributed by atoms with Gasteiger partial charge in [-0.25, -0.2) is 0 Å². The molecule has 0 spiro atoms. The molecule has 82 valence electrons. The summed E-state index contributed by atoms with van der Waals surface area (Å²) >= 11 is 0. The van der Waals surface area contributed by atoms with Crippen LogP contribution in [-0.4, -0.2) is 0 Å². The van der Waals surface area contributed by atoms with Crippen molar-refractivity contribution in [2.75, 3.05) is 0 Å². The van der Waals surface area contributed by atoms with Crippen molar-refractivity contribution in [1.82, 2.24) is 0 Å². The van der Waals surface area contributed by atoms with E-state index < -0.39 is 0 Å². The fourth-order valence-corrected chi connectivity index (χ4v) is 2.00. The largest absolute Gasteiger partial charge is 0.0947 e. The quantitative estimate of drug-likeness (QED) is 0.625. The van der Waals surface area contributed by atoms with Crippen LogP contribution in [-0.2, 0) is 0 Å². The Morgan fingerprint density at radius 1 is 1.12 bits per heavy atom. The summed E-state index contributed by atoms with van der Waals surface area (Å²) in [6, 6.07) is 6.36. The van der Waals surface area contributed by atoms with Gasteiger partial charge in [-0.1, -0.05) is 64.3 Å². The molecule has 2 rings (SSSR count). The highest BCUT2D eigenvalue weighted by molar-refractivity contribution is 5.94. The molecule has 0 saturated carbocycles. The van der Waals surface area contributed by atoms with Crippen molar-refractivity contribution >= 4 is 17.2 Å². The predicted molar refractivity (Wildman–Crippen MR) is 73.0 cm³/mol. The van der Waals surface area contributed by atoms with E-state index in [0.717, 1.165) is 5.57 Å². The number of allylic oxidation sites excluding steroid dienone is 3. The van der Waals surface area contributed by atoms with E-state index in [1.54, 1.807) is 0 Å². The van der Waals surface area contributed by atoms with Gasteiger partial charge in [-0.3, -0.25) is 0 Å². The standard InChI is InChI=1S/C16H18/c1-11-9-10-13-7-6-8-14(15(11)13)12(2)16(3,4)5/h6-10H,1-2H2,3-5H3. The highest BCUT2D eigenvalue weighted by Gasteiger charge is 2.22. The normalized spacial score (nSPS) is 14.1. The third kappa shape index (κ3) is 1.65. The minimum absolute atomic E-state index is 0.0952. The van der Waals surface area contributed by atoms with Crippen LogP contribution in [0, 0.1) is 5.41 Å². The van der Waals surface area contributed by atoms with E-state index in [-0.39, 0.29) is 5.41 Å². The fraction of sp³-hybridized carbons (Fsp3) is 0.250. The Bertz CT molecular complexity index is 493. The number of hydrogen-bond donors (Lipinski definition) is 0. The molecule has 0 radical (unpaired) electrons. The Balaban J connectivity index is 2.58. The molecule has 0 nitrogen and oxygen atoms in total. The molecular formula is C16H18. The van der Waals surface area contributed by atoms with Crippen LogP contribution in [0.3, 0.4) is 0 Å². The molecule has 1 aliphatic rings. The number of rotatable bonds is 1. The minimum Gasteiger partial charge on any atom is -0.0947 e. The van der Waals surface area contributed by atoms with Crippen LogP contribution in [0.25, 0.3) is 17.2 Å². The van der Waals surface area contributed by atoms with Gasteiger partial charge in [0.2, 0.25) is 0 Å². The molecule has 0 amide bonds. The third-order valence-corrected chi connectivity index (χ3v) is 3.11. The molecular weight excluding hydrogens is 192 g/mol. The van der Waals surface area contributed by atoms with Gasteiger partial charge in [0.15, 0.2) is 0 Å². The van der Waals surface area contributed by atoms with Crippen LogP contribution in [0.15, 0.2) is 37.4 Å². The molecule has 0 aromatic heterocycles. The average molecular weight is 210 g/mol. The summed E-state index contributed by atoms with van der Waals surface area (Å²) in [6.07, 6.45) is 4.20. The van der Waals surface area contributed by atoms with Crippen LogP contribution in [0.4, 0.5) is 0 Å². The predicted octanol–water partition coefficient (Wildman–Crippen LogP) is 4.79. The highest BCUT2D eigenvalue weighted by Crippen LogP contribution is 2.39. The molecule has 16 heavy (non-hydrogen) atoms. The van der Waals surface area contributed by atoms with Crippen molar-refractivity contribution in [2.45, 2.75) is 20.8 Å². The molecule has 0 fully saturated rings. The smallest absolute Gasteiger partial charge is 0.00420 e. The average Bonchev–Trinajstić information content (AvgIpc) is 2.58. The van der Waals surface area contributed by atoms with Gasteiger partial charge in [-0.15, -0.1) is 0 Å². The van der Waals surface area contributed by atoms with Crippen LogP contribution >= 0.6 is 0 Å². The Morgan fingerprint density at radius 3 is 2.44 bits per heavy atom. The lowest BCUT2D eigenvalue weighted by Gasteiger charge is -2.24. The highest BCUT2D eigenvalue weighted by atomic mass is 14.3. The van der Waals surface area contributed by atoms with Gasteiger partial charge in [-0.05, 0) is 33.3 Å². The van der Waals surface area contributed by atoms with Gasteiger partial charge in [0.05, 0.1) is 0 Å². The zero-order valence-corrected chi connectivity index (χ0v) is 10.3. The molecule has 0 heteroatoms. The summed E-state index contributed by atoms with van der Waals surface area (Å²) < 4.78 is 0. The van der Waals surface area contributed by atoms with E-state index in [2.05, 4.69) is 64.3 Å². The maximum Gasteiger partial charge on any atom is -0.00420 e. The maximum atomic E-state index is 4.24. The Hall–Kier alpha value is -1.56. The Morgan fingerprint density at radius 2 is 1.81 bits per heavy atom. The van der Waals surface area contributed by atoms with E-state index in [4.69, 9.17) is 0 Å². The molecule has 0 saturated heterocycles. The van der Waals surface area contributed by atoms with Crippen LogP contribution in [0.2, 0.25) is 0 Å². The van der Waals surface area contributed by atoms with E-state index in [1.165, 1.54) is 22.3 Å². The van der Waals surface area contributed by atoms with Crippen molar-refractivity contribution in [1.29, 1.82) is 0 Å². The molecule has 0 atom stereocenters. The van der Waals surface area contributed by atoms with Gasteiger partial charge in [0, 0.05) is 0 Å². The lowest BCUT2D eigenvalue weighted by Crippen LogP contribution is -2.08. The molecule has 0 heterocycles. The molecule has 0 unspecified atom stereocenters. The zero-order chi connectivity index (χ0) is 11.9. The molecule has 0 N–H and O–H groups in total. The van der Waals surface area contributed by atoms with E-state index in [9.17, 15) is 0 Å². The first-order valence-electron chi connectivity index (χ1n) is 5.61. The number of hydrogen-bond acceptors (Lipinski definition) is 0. The van der Waals surface area contributed by atoms with Gasteiger partial charge in [-0.2, -0.15) is 0 Å². The van der Waals surface area contributed by atoms with Gasteiger partial charge in [0.25, 0.3) is 0 Å². The summed E-state index contributed by atoms with van der Waals surface area (Å²) in [5, 5.41) is 0. The molecule has 1 aromatic rings. The summed E-state index contributed by atoms with van der Waals surface area (Å²) in [5.74, 6) is 0. The maximum absolute atomic E-state index is 4.24. The van der Waals surface area contributed by atoms with E-state index in [1.807, 2.05) is 0 Å². The van der Waals surface area contributed by atoms with Crippen molar-refractivity contribution in [2.24, 2.45) is 5.41 Å². The van der Waals surface area contributed by atoms with Crippen molar-refractivity contribution < 1.29 is 0 Å². The molecule has 1 aliphatic carbocycles. The molecule has 1 aromatic carbocycles. The summed E-state index contributed by atoms with van der Waals surface area (Å²) in [7, 11) is 0. The van der Waals surface area contributed by atoms with Crippen LogP contribution in [0.1, 0.15) is 37.5 Å². The zero-order valence-electron chi connectivity index (χ0n) is 10.3. The second kappa shape index (κ2) is 3.48.